The Morgan fingerprint density at radius 1 is 1.11 bits per heavy atom. The molecule has 2 saturated heterocycles. The number of nitrogens with zero attached hydrogens (tertiary/aromatic N) is 4. The molecule has 1 saturated carbocycles. The average Bonchev–Trinajstić information content (AvgIpc) is 3.44. The number of aryl methyl sites for hydroxylation is 1. The third kappa shape index (κ3) is 4.52. The van der Waals surface area contributed by atoms with E-state index in [-0.39, 0.29) is 25.2 Å². The van der Waals surface area contributed by atoms with Gasteiger partial charge in [0.1, 0.15) is 5.82 Å². The molecule has 0 bridgehead atoms. The lowest BCUT2D eigenvalue weighted by Gasteiger charge is -2.29. The minimum absolute atomic E-state index is 0.0180. The normalized spacial score (nSPS) is 20.6. The van der Waals surface area contributed by atoms with E-state index < -0.39 is 29.6 Å². The summed E-state index contributed by atoms with van der Waals surface area (Å²) >= 11 is 0. The predicted molar refractivity (Wildman–Crippen MR) is 135 cm³/mol. The van der Waals surface area contributed by atoms with Crippen LogP contribution in [0.1, 0.15) is 24.8 Å². The number of fused-ring (bicyclic) bond motifs is 1. The van der Waals surface area contributed by atoms with E-state index in [4.69, 9.17) is 4.74 Å². The van der Waals surface area contributed by atoms with Crippen LogP contribution in [0.15, 0.2) is 36.8 Å². The molecule has 0 spiro atoms. The van der Waals surface area contributed by atoms with E-state index in [0.717, 1.165) is 35.6 Å². The van der Waals surface area contributed by atoms with Crippen LogP contribution >= 0.6 is 0 Å². The Hall–Kier alpha value is -3.27. The first-order chi connectivity index (χ1) is 17.8. The zero-order valence-corrected chi connectivity index (χ0v) is 20.7. The maximum Gasteiger partial charge on any atom is 0.321 e. The highest BCUT2D eigenvalue weighted by molar-refractivity contribution is 5.91. The molecular formula is C27H30F3N5O2. The van der Waals surface area contributed by atoms with E-state index >= 15 is 0 Å². The molecule has 1 aromatic carbocycles. The van der Waals surface area contributed by atoms with E-state index in [9.17, 15) is 18.0 Å². The summed E-state index contributed by atoms with van der Waals surface area (Å²) in [7, 11) is 0. The summed E-state index contributed by atoms with van der Waals surface area (Å²) in [5.41, 5.74) is 4.15. The van der Waals surface area contributed by atoms with E-state index in [0.29, 0.717) is 31.6 Å². The Balaban J connectivity index is 1.27. The van der Waals surface area contributed by atoms with Gasteiger partial charge < -0.3 is 24.3 Å². The van der Waals surface area contributed by atoms with Crippen molar-refractivity contribution in [2.45, 2.75) is 32.1 Å². The molecule has 6 rings (SSSR count). The third-order valence-corrected chi connectivity index (χ3v) is 7.83. The van der Waals surface area contributed by atoms with Crippen LogP contribution in [0.5, 0.6) is 0 Å². The first kappa shape index (κ1) is 24.1. The SMILES string of the molecule is Cc1cc(F)c(NC(=O)N2CCC(C(F)(F)C3CC3)C2)cc1-c1cc(N2CCOCC2)c2nccn2c1. The second-order valence-corrected chi connectivity index (χ2v) is 10.3. The molecule has 37 heavy (non-hydrogen) atoms. The lowest BCUT2D eigenvalue weighted by Crippen LogP contribution is -2.37. The van der Waals surface area contributed by atoms with Gasteiger partial charge in [0.2, 0.25) is 0 Å². The highest BCUT2D eigenvalue weighted by atomic mass is 19.3. The Morgan fingerprint density at radius 2 is 1.89 bits per heavy atom. The van der Waals surface area contributed by atoms with E-state index in [1.54, 1.807) is 12.3 Å². The summed E-state index contributed by atoms with van der Waals surface area (Å²) in [6, 6.07) is 4.49. The van der Waals surface area contributed by atoms with E-state index in [1.807, 2.05) is 29.8 Å². The van der Waals surface area contributed by atoms with Gasteiger partial charge in [0.05, 0.1) is 24.6 Å². The Kier molecular flexibility index (Phi) is 6.01. The van der Waals surface area contributed by atoms with Gasteiger partial charge in [-0.3, -0.25) is 0 Å². The lowest BCUT2D eigenvalue weighted by atomic mass is 9.97. The molecule has 2 amide bonds. The number of anilines is 2. The fourth-order valence-electron chi connectivity index (χ4n) is 5.53. The van der Waals surface area contributed by atoms with Crippen LogP contribution < -0.4 is 10.2 Å². The molecule has 1 N–H and O–H groups in total. The standard InChI is InChI=1S/C27H30F3N5O2/c1-17-12-22(28)23(32-26(36)35-6-4-20(16-35)27(29,30)19-2-3-19)14-21(17)18-13-24(33-8-10-37-11-9-33)25-31-5-7-34(25)15-18/h5,7,12-15,19-20H,2-4,6,8-11,16H2,1H3,(H,32,36). The van der Waals surface area contributed by atoms with Crippen LogP contribution in [0.4, 0.5) is 29.3 Å². The Labute approximate surface area is 213 Å². The minimum Gasteiger partial charge on any atom is -0.378 e. The topological polar surface area (TPSA) is 62.1 Å². The molecule has 1 aliphatic carbocycles. The van der Waals surface area contributed by atoms with Crippen molar-refractivity contribution in [3.8, 4) is 11.1 Å². The van der Waals surface area contributed by atoms with Crippen molar-refractivity contribution in [2.24, 2.45) is 11.8 Å². The largest absolute Gasteiger partial charge is 0.378 e. The number of imidazole rings is 1. The summed E-state index contributed by atoms with van der Waals surface area (Å²) < 4.78 is 51.5. The van der Waals surface area contributed by atoms with Gasteiger partial charge in [0, 0.05) is 62.2 Å². The number of rotatable bonds is 5. The fourth-order valence-corrected chi connectivity index (χ4v) is 5.53. The molecule has 10 heteroatoms. The molecule has 3 aromatic rings. The summed E-state index contributed by atoms with van der Waals surface area (Å²) in [4.78, 5) is 21.0. The van der Waals surface area contributed by atoms with Crippen molar-refractivity contribution in [3.05, 3.63) is 48.2 Å². The fraction of sp³-hybridized carbons (Fsp3) is 0.481. The molecule has 7 nitrogen and oxygen atoms in total. The molecule has 196 valence electrons. The number of ether oxygens (including phenoxy) is 1. The lowest BCUT2D eigenvalue weighted by molar-refractivity contribution is -0.0734. The number of nitrogens with one attached hydrogen (secondary N) is 1. The van der Waals surface area contributed by atoms with Crippen molar-refractivity contribution in [1.82, 2.24) is 14.3 Å². The summed E-state index contributed by atoms with van der Waals surface area (Å²) in [6.45, 7) is 4.79. The monoisotopic (exact) mass is 513 g/mol. The van der Waals surface area contributed by atoms with Crippen molar-refractivity contribution in [2.75, 3.05) is 49.6 Å². The van der Waals surface area contributed by atoms with Gasteiger partial charge in [0.15, 0.2) is 5.65 Å². The van der Waals surface area contributed by atoms with Crippen LogP contribution in [0.3, 0.4) is 0 Å². The number of hydrogen-bond donors (Lipinski definition) is 1. The summed E-state index contributed by atoms with van der Waals surface area (Å²) in [5, 5.41) is 2.64. The van der Waals surface area contributed by atoms with Crippen LogP contribution in [0.25, 0.3) is 16.8 Å². The number of aromatic nitrogens is 2. The van der Waals surface area contributed by atoms with E-state index in [2.05, 4.69) is 15.2 Å². The molecule has 3 fully saturated rings. The molecule has 1 atom stereocenters. The first-order valence-corrected chi connectivity index (χ1v) is 12.8. The number of morpholine rings is 1. The Bertz CT molecular complexity index is 1330. The van der Waals surface area contributed by atoms with Gasteiger partial charge in [-0.1, -0.05) is 0 Å². The van der Waals surface area contributed by atoms with Gasteiger partial charge in [-0.15, -0.1) is 0 Å². The first-order valence-electron chi connectivity index (χ1n) is 12.8. The summed E-state index contributed by atoms with van der Waals surface area (Å²) in [5.74, 6) is -4.72. The number of alkyl halides is 2. The minimum atomic E-state index is -2.75. The van der Waals surface area contributed by atoms with Crippen LogP contribution in [-0.4, -0.2) is 65.6 Å². The number of carbonyl (C=O) groups excluding carboxylic acids is 1. The number of halogens is 3. The number of carbonyl (C=O) groups is 1. The third-order valence-electron chi connectivity index (χ3n) is 7.83. The molecule has 3 aliphatic rings. The smallest absolute Gasteiger partial charge is 0.321 e. The second-order valence-electron chi connectivity index (χ2n) is 10.3. The van der Waals surface area contributed by atoms with E-state index in [1.165, 1.54) is 11.0 Å². The predicted octanol–water partition coefficient (Wildman–Crippen LogP) is 5.18. The van der Waals surface area contributed by atoms with Gasteiger partial charge in [-0.05, 0) is 55.5 Å². The second kappa shape index (κ2) is 9.24. The van der Waals surface area contributed by atoms with Crippen LogP contribution in [0, 0.1) is 24.6 Å². The zero-order valence-electron chi connectivity index (χ0n) is 20.7. The highest BCUT2D eigenvalue weighted by Crippen LogP contribution is 2.49. The maximum absolute atomic E-state index is 15.0. The number of hydrogen-bond acceptors (Lipinski definition) is 4. The van der Waals surface area contributed by atoms with Crippen molar-refractivity contribution in [1.29, 1.82) is 0 Å². The average molecular weight is 514 g/mol. The molecule has 4 heterocycles. The van der Waals surface area contributed by atoms with Crippen molar-refractivity contribution in [3.63, 3.8) is 0 Å². The van der Waals surface area contributed by atoms with Gasteiger partial charge in [0.25, 0.3) is 5.92 Å². The van der Waals surface area contributed by atoms with Gasteiger partial charge in [-0.25, -0.2) is 22.9 Å². The number of likely N-dealkylation sites (tertiary alicyclic amines) is 1. The van der Waals surface area contributed by atoms with Gasteiger partial charge >= 0.3 is 6.03 Å². The van der Waals surface area contributed by atoms with Crippen LogP contribution in [-0.2, 0) is 4.74 Å². The highest BCUT2D eigenvalue weighted by Gasteiger charge is 2.54. The number of pyridine rings is 1. The molecule has 2 aromatic heterocycles. The van der Waals surface area contributed by atoms with Gasteiger partial charge in [-0.2, -0.15) is 0 Å². The summed E-state index contributed by atoms with van der Waals surface area (Å²) in [6.07, 6.45) is 6.89. The van der Waals surface area contributed by atoms with Crippen molar-refractivity contribution < 1.29 is 22.7 Å². The number of amides is 2. The van der Waals surface area contributed by atoms with Crippen LogP contribution in [0.2, 0.25) is 0 Å². The number of benzene rings is 1. The number of urea groups is 1. The van der Waals surface area contributed by atoms with Crippen molar-refractivity contribution >= 4 is 23.1 Å². The molecular weight excluding hydrogens is 483 g/mol. The molecule has 1 unspecified atom stereocenters. The maximum atomic E-state index is 15.0. The molecule has 2 aliphatic heterocycles. The zero-order chi connectivity index (χ0) is 25.7. The quantitative estimate of drug-likeness (QED) is 0.511. The Morgan fingerprint density at radius 3 is 2.65 bits per heavy atom. The molecule has 0 radical (unpaired) electrons.